The summed E-state index contributed by atoms with van der Waals surface area (Å²) in [4.78, 5) is 23.6. The number of amides is 1. The van der Waals surface area contributed by atoms with Gasteiger partial charge in [0, 0.05) is 29.1 Å². The Labute approximate surface area is 212 Å². The molecule has 2 N–H and O–H groups in total. The van der Waals surface area contributed by atoms with Crippen molar-refractivity contribution < 1.29 is 22.5 Å². The zero-order valence-corrected chi connectivity index (χ0v) is 20.0. The molecule has 0 aliphatic heterocycles. The van der Waals surface area contributed by atoms with Gasteiger partial charge in [0.05, 0.1) is 9.82 Å². The van der Waals surface area contributed by atoms with Crippen LogP contribution in [0.1, 0.15) is 11.1 Å². The predicted octanol–water partition coefficient (Wildman–Crippen LogP) is 5.71. The molecule has 0 unspecified atom stereocenters. The van der Waals surface area contributed by atoms with Crippen molar-refractivity contribution in [2.24, 2.45) is 0 Å². The zero-order valence-electron chi connectivity index (χ0n) is 19.2. The van der Waals surface area contributed by atoms with Crippen LogP contribution in [0.2, 0.25) is 0 Å². The number of non-ortho nitro benzene ring substituents is 1. The van der Waals surface area contributed by atoms with E-state index < -0.39 is 26.7 Å². The predicted molar refractivity (Wildman–Crippen MR) is 140 cm³/mol. The Kier molecular flexibility index (Phi) is 7.40. The van der Waals surface area contributed by atoms with Gasteiger partial charge in [0.25, 0.3) is 21.6 Å². The summed E-state index contributed by atoms with van der Waals surface area (Å²) in [6, 6.07) is 25.2. The van der Waals surface area contributed by atoms with E-state index in [1.165, 1.54) is 48.5 Å². The van der Waals surface area contributed by atoms with Crippen LogP contribution in [-0.4, -0.2) is 19.2 Å². The monoisotopic (exact) mass is 517 g/mol. The fourth-order valence-corrected chi connectivity index (χ4v) is 4.46. The molecule has 10 heteroatoms. The van der Waals surface area contributed by atoms with Crippen LogP contribution in [-0.2, 0) is 14.8 Å². The minimum atomic E-state index is -3.93. The fourth-order valence-electron chi connectivity index (χ4n) is 3.40. The highest BCUT2D eigenvalue weighted by atomic mass is 32.2. The molecule has 0 spiro atoms. The zero-order chi connectivity index (χ0) is 26.4. The van der Waals surface area contributed by atoms with E-state index in [4.69, 9.17) is 0 Å². The molecule has 1 amide bonds. The number of nitrogens with zero attached hydrogens (tertiary/aromatic N) is 1. The second-order valence-electron chi connectivity index (χ2n) is 7.86. The standard InChI is InChI=1S/C27H20FN3O5S/c28-21-8-10-23(11-9-21)30-37(35,36)25-16-12-22(13-17-25)29-27(32)26(20-4-2-1-3-5-20)18-19-6-14-24(15-7-19)31(33)34/h1-18,30H,(H,29,32)/b26-18+. The van der Waals surface area contributed by atoms with Crippen molar-refractivity contribution in [3.63, 3.8) is 0 Å². The highest BCUT2D eigenvalue weighted by molar-refractivity contribution is 7.92. The largest absolute Gasteiger partial charge is 0.322 e. The van der Waals surface area contributed by atoms with Crippen LogP contribution in [0.25, 0.3) is 11.6 Å². The van der Waals surface area contributed by atoms with Crippen LogP contribution in [0.5, 0.6) is 0 Å². The first kappa shape index (κ1) is 25.3. The Balaban J connectivity index is 1.55. The van der Waals surface area contributed by atoms with Crippen LogP contribution in [0.4, 0.5) is 21.5 Å². The van der Waals surface area contributed by atoms with E-state index in [1.807, 2.05) is 6.07 Å². The lowest BCUT2D eigenvalue weighted by Crippen LogP contribution is -2.15. The van der Waals surface area contributed by atoms with Gasteiger partial charge < -0.3 is 5.32 Å². The van der Waals surface area contributed by atoms with Crippen LogP contribution in [0.15, 0.2) is 108 Å². The van der Waals surface area contributed by atoms with E-state index in [2.05, 4.69) is 10.0 Å². The molecular formula is C27H20FN3O5S. The van der Waals surface area contributed by atoms with E-state index in [-0.39, 0.29) is 16.3 Å². The number of nitro groups is 1. The number of nitro benzene ring substituents is 1. The lowest BCUT2D eigenvalue weighted by molar-refractivity contribution is -0.384. The molecule has 0 bridgehead atoms. The van der Waals surface area contributed by atoms with E-state index in [1.54, 1.807) is 42.5 Å². The molecule has 0 aliphatic carbocycles. The van der Waals surface area contributed by atoms with Gasteiger partial charge in [-0.1, -0.05) is 30.3 Å². The summed E-state index contributed by atoms with van der Waals surface area (Å²) in [5.41, 5.74) is 2.03. The quantitative estimate of drug-likeness (QED) is 0.134. The summed E-state index contributed by atoms with van der Waals surface area (Å²) >= 11 is 0. The number of benzene rings is 4. The van der Waals surface area contributed by atoms with E-state index in [0.717, 1.165) is 12.1 Å². The van der Waals surface area contributed by atoms with Crippen molar-refractivity contribution >= 4 is 44.6 Å². The Hall–Kier alpha value is -4.83. The van der Waals surface area contributed by atoms with Crippen molar-refractivity contribution in [1.29, 1.82) is 0 Å². The molecule has 0 atom stereocenters. The van der Waals surface area contributed by atoms with Gasteiger partial charge in [-0.05, 0) is 77.9 Å². The van der Waals surface area contributed by atoms with Crippen molar-refractivity contribution in [2.75, 3.05) is 10.0 Å². The maximum absolute atomic E-state index is 13.2. The average molecular weight is 518 g/mol. The smallest absolute Gasteiger partial charge is 0.269 e. The second kappa shape index (κ2) is 10.8. The highest BCUT2D eigenvalue weighted by Crippen LogP contribution is 2.23. The van der Waals surface area contributed by atoms with E-state index >= 15 is 0 Å². The molecule has 0 saturated carbocycles. The van der Waals surface area contributed by atoms with Crippen molar-refractivity contribution in [2.45, 2.75) is 4.90 Å². The summed E-state index contributed by atoms with van der Waals surface area (Å²) < 4.78 is 40.7. The minimum Gasteiger partial charge on any atom is -0.322 e. The van der Waals surface area contributed by atoms with Gasteiger partial charge in [0.1, 0.15) is 5.82 Å². The van der Waals surface area contributed by atoms with Crippen LogP contribution in [0.3, 0.4) is 0 Å². The first-order valence-electron chi connectivity index (χ1n) is 10.9. The molecule has 4 aromatic carbocycles. The average Bonchev–Trinajstić information content (AvgIpc) is 2.89. The van der Waals surface area contributed by atoms with Crippen LogP contribution >= 0.6 is 0 Å². The topological polar surface area (TPSA) is 118 Å². The van der Waals surface area contributed by atoms with E-state index in [0.29, 0.717) is 22.4 Å². The lowest BCUT2D eigenvalue weighted by atomic mass is 10.0. The summed E-state index contributed by atoms with van der Waals surface area (Å²) in [5.74, 6) is -0.940. The number of carbonyl (C=O) groups is 1. The van der Waals surface area contributed by atoms with Crippen molar-refractivity contribution in [3.05, 3.63) is 130 Å². The third-order valence-corrected chi connectivity index (χ3v) is 6.66. The molecule has 186 valence electrons. The maximum atomic E-state index is 13.2. The Bertz CT molecular complexity index is 1550. The first-order valence-corrected chi connectivity index (χ1v) is 12.4. The SMILES string of the molecule is O=C(Nc1ccc(S(=O)(=O)Nc2ccc(F)cc2)cc1)/C(=C/c1ccc([N+](=O)[O-])cc1)c1ccccc1. The third-order valence-electron chi connectivity index (χ3n) is 5.26. The van der Waals surface area contributed by atoms with Gasteiger partial charge in [-0.25, -0.2) is 12.8 Å². The molecule has 0 saturated heterocycles. The van der Waals surface area contributed by atoms with Crippen molar-refractivity contribution in [1.82, 2.24) is 0 Å². The molecule has 0 aliphatic rings. The number of carbonyl (C=O) groups excluding carboxylic acids is 1. The van der Waals surface area contributed by atoms with Crippen LogP contribution < -0.4 is 10.0 Å². The number of rotatable bonds is 8. The Morgan fingerprint density at radius 2 is 1.41 bits per heavy atom. The number of halogens is 1. The molecular weight excluding hydrogens is 497 g/mol. The Morgan fingerprint density at radius 1 is 0.811 bits per heavy atom. The van der Waals surface area contributed by atoms with Gasteiger partial charge in [0.2, 0.25) is 0 Å². The molecule has 0 heterocycles. The van der Waals surface area contributed by atoms with Gasteiger partial charge >= 0.3 is 0 Å². The first-order chi connectivity index (χ1) is 17.7. The van der Waals surface area contributed by atoms with Crippen LogP contribution in [0, 0.1) is 15.9 Å². The van der Waals surface area contributed by atoms with Crippen molar-refractivity contribution in [3.8, 4) is 0 Å². The molecule has 0 fully saturated rings. The fraction of sp³-hybridized carbons (Fsp3) is 0. The number of hydrogen-bond donors (Lipinski definition) is 2. The lowest BCUT2D eigenvalue weighted by Gasteiger charge is -2.11. The number of anilines is 2. The third kappa shape index (κ3) is 6.44. The number of sulfonamides is 1. The second-order valence-corrected chi connectivity index (χ2v) is 9.55. The van der Waals surface area contributed by atoms with Gasteiger partial charge in [-0.15, -0.1) is 0 Å². The van der Waals surface area contributed by atoms with Gasteiger partial charge in [0.15, 0.2) is 0 Å². The Morgan fingerprint density at radius 3 is 2.00 bits per heavy atom. The van der Waals surface area contributed by atoms with Gasteiger partial charge in [-0.3, -0.25) is 19.6 Å². The maximum Gasteiger partial charge on any atom is 0.269 e. The summed E-state index contributed by atoms with van der Waals surface area (Å²) in [5, 5.41) is 13.7. The molecule has 0 aromatic heterocycles. The minimum absolute atomic E-state index is 0.0421. The summed E-state index contributed by atoms with van der Waals surface area (Å²) in [6.45, 7) is 0. The number of hydrogen-bond acceptors (Lipinski definition) is 5. The molecule has 37 heavy (non-hydrogen) atoms. The summed E-state index contributed by atoms with van der Waals surface area (Å²) in [7, 11) is -3.93. The molecule has 0 radical (unpaired) electrons. The summed E-state index contributed by atoms with van der Waals surface area (Å²) in [6.07, 6.45) is 1.61. The van der Waals surface area contributed by atoms with Gasteiger partial charge in [-0.2, -0.15) is 0 Å². The normalized spacial score (nSPS) is 11.5. The highest BCUT2D eigenvalue weighted by Gasteiger charge is 2.16. The van der Waals surface area contributed by atoms with E-state index in [9.17, 15) is 27.7 Å². The molecule has 4 rings (SSSR count). The molecule has 8 nitrogen and oxygen atoms in total. The number of nitrogens with one attached hydrogen (secondary N) is 2. The molecule has 4 aromatic rings.